The van der Waals surface area contributed by atoms with Crippen LogP contribution in [0.2, 0.25) is 0 Å². The normalized spacial score (nSPS) is 14.6. The molecule has 11 heteroatoms. The molecule has 1 amide bonds. The minimum Gasteiger partial charge on any atom is -0.497 e. The summed E-state index contributed by atoms with van der Waals surface area (Å²) in [5.41, 5.74) is -0.0832. The van der Waals surface area contributed by atoms with Crippen LogP contribution >= 0.6 is 12.2 Å². The molecule has 0 atom stereocenters. The minimum absolute atomic E-state index is 0.00978. The highest BCUT2D eigenvalue weighted by Crippen LogP contribution is 2.34. The second-order valence-corrected chi connectivity index (χ2v) is 8.75. The molecule has 1 aliphatic rings. The molecule has 0 spiro atoms. The number of amides is 1. The highest BCUT2D eigenvalue weighted by molar-refractivity contribution is 7.80. The van der Waals surface area contributed by atoms with Gasteiger partial charge in [-0.3, -0.25) is 9.69 Å². The lowest BCUT2D eigenvalue weighted by Gasteiger charge is -2.25. The van der Waals surface area contributed by atoms with Crippen LogP contribution in [0.5, 0.6) is 11.5 Å². The van der Waals surface area contributed by atoms with Crippen LogP contribution in [-0.2, 0) is 17.4 Å². The van der Waals surface area contributed by atoms with E-state index in [1.165, 1.54) is 18.2 Å². The zero-order valence-corrected chi connectivity index (χ0v) is 21.2. The zero-order chi connectivity index (χ0) is 26.1. The number of halogens is 3. The monoisotopic (exact) mass is 524 g/mol. The molecule has 1 saturated heterocycles. The molecule has 0 saturated carbocycles. The van der Waals surface area contributed by atoms with Gasteiger partial charge in [-0.2, -0.15) is 13.2 Å². The van der Waals surface area contributed by atoms with Crippen molar-refractivity contribution >= 4 is 28.9 Å². The van der Waals surface area contributed by atoms with E-state index in [0.717, 1.165) is 36.1 Å². The Hall–Kier alpha value is -3.05. The van der Waals surface area contributed by atoms with E-state index in [1.807, 2.05) is 23.1 Å². The summed E-state index contributed by atoms with van der Waals surface area (Å²) < 4.78 is 50.3. The van der Waals surface area contributed by atoms with Crippen LogP contribution in [0.3, 0.4) is 0 Å². The van der Waals surface area contributed by atoms with Crippen molar-refractivity contribution in [3.05, 3.63) is 53.6 Å². The van der Waals surface area contributed by atoms with E-state index in [0.29, 0.717) is 37.7 Å². The number of benzene rings is 2. The van der Waals surface area contributed by atoms with Crippen LogP contribution in [0.25, 0.3) is 0 Å². The number of alkyl halides is 3. The Morgan fingerprint density at radius 3 is 2.56 bits per heavy atom. The largest absolute Gasteiger partial charge is 0.497 e. The fraction of sp³-hybridized carbons (Fsp3) is 0.440. The third kappa shape index (κ3) is 7.72. The summed E-state index contributed by atoms with van der Waals surface area (Å²) in [6, 6.07) is 10.6. The van der Waals surface area contributed by atoms with Crippen molar-refractivity contribution in [3.8, 4) is 11.5 Å². The van der Waals surface area contributed by atoms with Crippen LogP contribution < -0.4 is 20.1 Å². The average molecular weight is 525 g/mol. The summed E-state index contributed by atoms with van der Waals surface area (Å²) >= 11 is 5.58. The number of thiocarbonyl (C=S) groups is 1. The first kappa shape index (κ1) is 27.5. The maximum absolute atomic E-state index is 13.2. The van der Waals surface area contributed by atoms with Crippen LogP contribution in [0.4, 0.5) is 18.9 Å². The molecular weight excluding hydrogens is 493 g/mol. The van der Waals surface area contributed by atoms with Gasteiger partial charge in [-0.15, -0.1) is 0 Å². The smallest absolute Gasteiger partial charge is 0.418 e. The summed E-state index contributed by atoms with van der Waals surface area (Å²) in [5, 5.41) is 6.32. The van der Waals surface area contributed by atoms with Crippen LogP contribution in [0, 0.1) is 0 Å². The molecule has 0 aliphatic carbocycles. The maximum Gasteiger partial charge on any atom is 0.418 e. The van der Waals surface area contributed by atoms with Gasteiger partial charge in [-0.05, 0) is 61.0 Å². The van der Waals surface area contributed by atoms with Gasteiger partial charge < -0.3 is 25.0 Å². The van der Waals surface area contributed by atoms with Gasteiger partial charge in [0.2, 0.25) is 5.91 Å². The Balaban J connectivity index is 1.47. The van der Waals surface area contributed by atoms with Gasteiger partial charge in [-0.25, -0.2) is 0 Å². The lowest BCUT2D eigenvalue weighted by atomic mass is 10.1. The summed E-state index contributed by atoms with van der Waals surface area (Å²) in [4.78, 5) is 16.4. The highest BCUT2D eigenvalue weighted by atomic mass is 32.1. The number of carbonyl (C=O) groups is 1. The van der Waals surface area contributed by atoms with Gasteiger partial charge >= 0.3 is 6.18 Å². The zero-order valence-electron chi connectivity index (χ0n) is 20.4. The number of hydrogen-bond acceptors (Lipinski definition) is 5. The van der Waals surface area contributed by atoms with E-state index < -0.39 is 17.6 Å². The molecule has 0 radical (unpaired) electrons. The number of ether oxygens (including phenoxy) is 2. The van der Waals surface area contributed by atoms with E-state index in [1.54, 1.807) is 14.2 Å². The molecule has 7 nitrogen and oxygen atoms in total. The molecule has 1 fully saturated rings. The molecule has 1 heterocycles. The first-order valence-electron chi connectivity index (χ1n) is 11.6. The van der Waals surface area contributed by atoms with Crippen molar-refractivity contribution in [2.45, 2.75) is 19.0 Å². The Bertz CT molecular complexity index is 1050. The summed E-state index contributed by atoms with van der Waals surface area (Å²) in [6.07, 6.45) is -3.06. The molecule has 36 heavy (non-hydrogen) atoms. The SMILES string of the molecule is COc1ccc(OC)c(CCNC(=S)N2CCCN(CC(=O)Nc3ccccc3C(F)(F)F)CC2)c1. The first-order valence-corrected chi connectivity index (χ1v) is 12.0. The van der Waals surface area contributed by atoms with Crippen LogP contribution in [0.1, 0.15) is 17.5 Å². The van der Waals surface area contributed by atoms with E-state index in [9.17, 15) is 18.0 Å². The Morgan fingerprint density at radius 1 is 1.06 bits per heavy atom. The quantitative estimate of drug-likeness (QED) is 0.510. The van der Waals surface area contributed by atoms with Crippen molar-refractivity contribution in [2.24, 2.45) is 0 Å². The van der Waals surface area contributed by atoms with E-state index in [2.05, 4.69) is 15.5 Å². The summed E-state index contributed by atoms with van der Waals surface area (Å²) in [6.45, 7) is 3.18. The van der Waals surface area contributed by atoms with Crippen molar-refractivity contribution in [2.75, 3.05) is 58.8 Å². The fourth-order valence-corrected chi connectivity index (χ4v) is 4.34. The van der Waals surface area contributed by atoms with Gasteiger partial charge in [0.05, 0.1) is 32.0 Å². The maximum atomic E-state index is 13.2. The molecule has 196 valence electrons. The van der Waals surface area contributed by atoms with Crippen molar-refractivity contribution < 1.29 is 27.4 Å². The number of carbonyl (C=O) groups excluding carboxylic acids is 1. The van der Waals surface area contributed by atoms with Gasteiger partial charge in [0, 0.05) is 32.7 Å². The van der Waals surface area contributed by atoms with Crippen molar-refractivity contribution in [1.29, 1.82) is 0 Å². The molecule has 0 aromatic heterocycles. The summed E-state index contributed by atoms with van der Waals surface area (Å²) in [5.74, 6) is 1.06. The predicted octanol–water partition coefficient (Wildman–Crippen LogP) is 3.79. The Morgan fingerprint density at radius 2 is 1.83 bits per heavy atom. The summed E-state index contributed by atoms with van der Waals surface area (Å²) in [7, 11) is 3.24. The van der Waals surface area contributed by atoms with Gasteiger partial charge in [0.25, 0.3) is 0 Å². The Labute approximate surface area is 214 Å². The van der Waals surface area contributed by atoms with E-state index in [-0.39, 0.29) is 12.2 Å². The van der Waals surface area contributed by atoms with E-state index >= 15 is 0 Å². The first-order chi connectivity index (χ1) is 17.2. The minimum atomic E-state index is -4.53. The van der Waals surface area contributed by atoms with Crippen LogP contribution in [0.15, 0.2) is 42.5 Å². The van der Waals surface area contributed by atoms with Crippen LogP contribution in [-0.4, -0.2) is 74.3 Å². The third-order valence-corrected chi connectivity index (χ3v) is 6.31. The molecule has 1 aliphatic heterocycles. The molecule has 0 bridgehead atoms. The highest BCUT2D eigenvalue weighted by Gasteiger charge is 2.33. The predicted molar refractivity (Wildman–Crippen MR) is 137 cm³/mol. The standard InChI is InChI=1S/C25H31F3N4O3S/c1-34-19-8-9-22(35-2)18(16-19)10-11-29-24(36)32-13-5-12-31(14-15-32)17-23(33)30-21-7-4-3-6-20(21)25(26,27)28/h3-4,6-9,16H,5,10-15,17H2,1-2H3,(H,29,36)(H,30,33). The number of nitrogens with zero attached hydrogens (tertiary/aromatic N) is 2. The Kier molecular flexibility index (Phi) is 9.77. The second kappa shape index (κ2) is 12.8. The number of para-hydroxylation sites is 1. The fourth-order valence-electron chi connectivity index (χ4n) is 4.06. The lowest BCUT2D eigenvalue weighted by molar-refractivity contribution is -0.137. The van der Waals surface area contributed by atoms with Crippen molar-refractivity contribution in [3.63, 3.8) is 0 Å². The van der Waals surface area contributed by atoms with E-state index in [4.69, 9.17) is 21.7 Å². The molecule has 3 rings (SSSR count). The molecule has 0 unspecified atom stereocenters. The topological polar surface area (TPSA) is 66.1 Å². The average Bonchev–Trinajstić information content (AvgIpc) is 3.09. The molecule has 2 aromatic rings. The van der Waals surface area contributed by atoms with Gasteiger partial charge in [0.1, 0.15) is 11.5 Å². The molecular formula is C25H31F3N4O3S. The number of rotatable bonds is 8. The van der Waals surface area contributed by atoms with Crippen molar-refractivity contribution in [1.82, 2.24) is 15.1 Å². The lowest BCUT2D eigenvalue weighted by Crippen LogP contribution is -2.43. The van der Waals surface area contributed by atoms with Gasteiger partial charge in [0.15, 0.2) is 5.11 Å². The van der Waals surface area contributed by atoms with Gasteiger partial charge in [-0.1, -0.05) is 12.1 Å². The number of methoxy groups -OCH3 is 2. The number of anilines is 1. The molecule has 2 N–H and O–H groups in total. The number of hydrogen-bond donors (Lipinski definition) is 2. The number of nitrogens with one attached hydrogen (secondary N) is 2. The second-order valence-electron chi connectivity index (χ2n) is 8.37. The third-order valence-electron chi connectivity index (χ3n) is 5.91. The molecule has 2 aromatic carbocycles.